The maximum Gasteiger partial charge on any atom is 0.338 e. The van der Waals surface area contributed by atoms with Gasteiger partial charge < -0.3 is 14.5 Å². The Bertz CT molecular complexity index is 1010. The van der Waals surface area contributed by atoms with Crippen molar-refractivity contribution in [3.8, 4) is 0 Å². The van der Waals surface area contributed by atoms with E-state index in [1.165, 1.54) is 7.11 Å². The summed E-state index contributed by atoms with van der Waals surface area (Å²) in [7, 11) is 1.36. The average Bonchev–Trinajstić information content (AvgIpc) is 3.23. The Morgan fingerprint density at radius 3 is 2.96 bits per heavy atom. The summed E-state index contributed by atoms with van der Waals surface area (Å²) in [6, 6.07) is 3.66. The predicted octanol–water partition coefficient (Wildman–Crippen LogP) is 1.93. The normalized spacial score (nSPS) is 17.7. The Morgan fingerprint density at radius 1 is 1.42 bits per heavy atom. The van der Waals surface area contributed by atoms with Gasteiger partial charge in [-0.15, -0.1) is 0 Å². The van der Waals surface area contributed by atoms with Gasteiger partial charge in [0.15, 0.2) is 0 Å². The second kappa shape index (κ2) is 5.45. The minimum absolute atomic E-state index is 0.0929. The lowest BCUT2D eigenvalue weighted by molar-refractivity contribution is 0.0600. The maximum absolute atomic E-state index is 12.4. The monoisotopic (exact) mass is 327 g/mol. The van der Waals surface area contributed by atoms with Crippen molar-refractivity contribution in [2.24, 2.45) is 0 Å². The number of methoxy groups -OCH3 is 1. The van der Waals surface area contributed by atoms with E-state index in [1.807, 2.05) is 11.6 Å². The minimum Gasteiger partial charge on any atom is -0.465 e. The van der Waals surface area contributed by atoms with Crippen LogP contribution in [0.3, 0.4) is 0 Å². The lowest BCUT2D eigenvalue weighted by Crippen LogP contribution is -2.13. The van der Waals surface area contributed by atoms with Crippen molar-refractivity contribution in [2.45, 2.75) is 19.4 Å². The number of carbonyl (C=O) groups excluding carboxylic acids is 1. The van der Waals surface area contributed by atoms with Gasteiger partial charge in [-0.25, -0.2) is 4.79 Å². The third kappa shape index (κ3) is 2.12. The summed E-state index contributed by atoms with van der Waals surface area (Å²) in [5, 5.41) is 5.69. The molecule has 0 saturated carbocycles. The van der Waals surface area contributed by atoms with Crippen molar-refractivity contribution in [3.63, 3.8) is 0 Å². The molecule has 0 amide bonds. The van der Waals surface area contributed by atoms with Crippen molar-refractivity contribution in [3.05, 3.63) is 39.8 Å². The number of hydrogen-bond donors (Lipinski definition) is 1. The Kier molecular flexibility index (Phi) is 3.38. The van der Waals surface area contributed by atoms with Crippen molar-refractivity contribution in [2.75, 3.05) is 20.3 Å². The van der Waals surface area contributed by atoms with Crippen LogP contribution in [0, 0.1) is 6.92 Å². The fourth-order valence-electron chi connectivity index (χ4n) is 3.32. The molecule has 7 heteroatoms. The van der Waals surface area contributed by atoms with Gasteiger partial charge in [-0.05, 0) is 31.0 Å². The van der Waals surface area contributed by atoms with Gasteiger partial charge in [0.2, 0.25) is 0 Å². The Morgan fingerprint density at radius 2 is 2.25 bits per heavy atom. The number of aryl methyl sites for hydroxylation is 1. The van der Waals surface area contributed by atoms with Crippen LogP contribution in [0.2, 0.25) is 0 Å². The molecule has 2 aromatic heterocycles. The quantitative estimate of drug-likeness (QED) is 0.727. The van der Waals surface area contributed by atoms with Crippen LogP contribution < -0.4 is 5.56 Å². The van der Waals surface area contributed by atoms with Gasteiger partial charge in [0.25, 0.3) is 5.56 Å². The second-order valence-electron chi connectivity index (χ2n) is 6.03. The molecule has 4 rings (SSSR count). The zero-order valence-corrected chi connectivity index (χ0v) is 13.5. The van der Waals surface area contributed by atoms with E-state index in [1.54, 1.807) is 18.3 Å². The SMILES string of the molecule is COC(=O)c1cc2c(cc1C)[nH]c(=O)c1cnn([C@H]3CCOC3)c12. The fraction of sp³-hybridized carbons (Fsp3) is 0.353. The molecule has 1 saturated heterocycles. The van der Waals surface area contributed by atoms with Crippen molar-refractivity contribution >= 4 is 27.8 Å². The molecule has 3 aromatic rings. The first-order chi connectivity index (χ1) is 11.6. The summed E-state index contributed by atoms with van der Waals surface area (Å²) in [5.74, 6) is -0.399. The van der Waals surface area contributed by atoms with Gasteiger partial charge in [0, 0.05) is 12.0 Å². The zero-order valence-electron chi connectivity index (χ0n) is 13.5. The molecule has 124 valence electrons. The van der Waals surface area contributed by atoms with E-state index in [9.17, 15) is 9.59 Å². The summed E-state index contributed by atoms with van der Waals surface area (Å²) in [5.41, 5.74) is 2.45. The number of esters is 1. The summed E-state index contributed by atoms with van der Waals surface area (Å²) >= 11 is 0. The van der Waals surface area contributed by atoms with Gasteiger partial charge in [-0.1, -0.05) is 0 Å². The van der Waals surface area contributed by atoms with E-state index in [-0.39, 0.29) is 11.6 Å². The van der Waals surface area contributed by atoms with Gasteiger partial charge in [0.05, 0.1) is 47.9 Å². The molecule has 1 fully saturated rings. The largest absolute Gasteiger partial charge is 0.465 e. The van der Waals surface area contributed by atoms with Crippen LogP contribution >= 0.6 is 0 Å². The van der Waals surface area contributed by atoms with E-state index in [0.717, 1.165) is 22.9 Å². The number of fused-ring (bicyclic) bond motifs is 3. The third-order valence-corrected chi connectivity index (χ3v) is 4.56. The van der Waals surface area contributed by atoms with E-state index >= 15 is 0 Å². The molecule has 1 aliphatic heterocycles. The van der Waals surface area contributed by atoms with Crippen molar-refractivity contribution < 1.29 is 14.3 Å². The first-order valence-corrected chi connectivity index (χ1v) is 7.80. The van der Waals surface area contributed by atoms with Crippen LogP contribution in [-0.4, -0.2) is 41.1 Å². The molecule has 1 aromatic carbocycles. The molecule has 3 heterocycles. The van der Waals surface area contributed by atoms with Gasteiger partial charge in [0.1, 0.15) is 0 Å². The summed E-state index contributed by atoms with van der Waals surface area (Å²) in [4.78, 5) is 27.3. The van der Waals surface area contributed by atoms with Crippen LogP contribution in [0.4, 0.5) is 0 Å². The number of benzene rings is 1. The lowest BCUT2D eigenvalue weighted by atomic mass is 10.0. The number of nitrogens with zero attached hydrogens (tertiary/aromatic N) is 2. The number of nitrogens with one attached hydrogen (secondary N) is 1. The first-order valence-electron chi connectivity index (χ1n) is 7.80. The molecule has 0 spiro atoms. The third-order valence-electron chi connectivity index (χ3n) is 4.56. The molecule has 0 aliphatic carbocycles. The molecule has 24 heavy (non-hydrogen) atoms. The second-order valence-corrected chi connectivity index (χ2v) is 6.03. The number of aromatic nitrogens is 3. The van der Waals surface area contributed by atoms with Crippen molar-refractivity contribution in [1.29, 1.82) is 0 Å². The van der Waals surface area contributed by atoms with Gasteiger partial charge >= 0.3 is 5.97 Å². The highest BCUT2D eigenvalue weighted by Crippen LogP contribution is 2.29. The van der Waals surface area contributed by atoms with Crippen LogP contribution in [0.15, 0.2) is 23.1 Å². The highest BCUT2D eigenvalue weighted by molar-refractivity contribution is 6.06. The number of aromatic amines is 1. The number of H-pyrrole nitrogens is 1. The van der Waals surface area contributed by atoms with Gasteiger partial charge in [-0.3, -0.25) is 9.48 Å². The molecule has 0 bridgehead atoms. The number of pyridine rings is 1. The number of carbonyl (C=O) groups is 1. The summed E-state index contributed by atoms with van der Waals surface area (Å²) in [6.45, 7) is 3.07. The predicted molar refractivity (Wildman–Crippen MR) is 88.4 cm³/mol. The molecule has 1 atom stereocenters. The molecular formula is C17H17N3O4. The summed E-state index contributed by atoms with van der Waals surface area (Å²) < 4.78 is 12.2. The number of rotatable bonds is 2. The first kappa shape index (κ1) is 14.9. The molecule has 0 unspecified atom stereocenters. The van der Waals surface area contributed by atoms with Crippen LogP contribution in [0.1, 0.15) is 28.4 Å². The minimum atomic E-state index is -0.399. The average molecular weight is 327 g/mol. The Hall–Kier alpha value is -2.67. The zero-order chi connectivity index (χ0) is 16.8. The molecule has 0 radical (unpaired) electrons. The van der Waals surface area contributed by atoms with E-state index in [2.05, 4.69) is 10.1 Å². The molecule has 1 aliphatic rings. The van der Waals surface area contributed by atoms with E-state index in [4.69, 9.17) is 9.47 Å². The smallest absolute Gasteiger partial charge is 0.338 e. The van der Waals surface area contributed by atoms with E-state index < -0.39 is 5.97 Å². The van der Waals surface area contributed by atoms with Crippen LogP contribution in [-0.2, 0) is 9.47 Å². The molecule has 1 N–H and O–H groups in total. The van der Waals surface area contributed by atoms with Crippen LogP contribution in [0.25, 0.3) is 21.8 Å². The summed E-state index contributed by atoms with van der Waals surface area (Å²) in [6.07, 6.45) is 2.42. The Balaban J connectivity index is 2.08. The highest BCUT2D eigenvalue weighted by atomic mass is 16.5. The Labute approximate surface area is 137 Å². The topological polar surface area (TPSA) is 86.2 Å². The van der Waals surface area contributed by atoms with Crippen molar-refractivity contribution in [1.82, 2.24) is 14.8 Å². The lowest BCUT2D eigenvalue weighted by Gasteiger charge is -2.13. The highest BCUT2D eigenvalue weighted by Gasteiger charge is 2.23. The maximum atomic E-state index is 12.4. The van der Waals surface area contributed by atoms with E-state index in [0.29, 0.717) is 29.7 Å². The standard InChI is InChI=1S/C17H17N3O4/c1-9-5-14-12(6-11(9)17(22)23-2)15-13(16(21)19-14)7-18-20(15)10-3-4-24-8-10/h5-7,10H,3-4,8H2,1-2H3,(H,19,21)/t10-/m0/s1. The van der Waals surface area contributed by atoms with Gasteiger partial charge in [-0.2, -0.15) is 5.10 Å². The fourth-order valence-corrected chi connectivity index (χ4v) is 3.32. The molecular weight excluding hydrogens is 310 g/mol. The number of hydrogen-bond acceptors (Lipinski definition) is 5. The number of ether oxygens (including phenoxy) is 2. The van der Waals surface area contributed by atoms with Crippen LogP contribution in [0.5, 0.6) is 0 Å². The molecule has 7 nitrogen and oxygen atoms in total.